The lowest BCUT2D eigenvalue weighted by atomic mass is 10.1. The molecule has 0 radical (unpaired) electrons. The van der Waals surface area contributed by atoms with Gasteiger partial charge in [-0.05, 0) is 48.6 Å². The molecule has 3 aromatic rings. The van der Waals surface area contributed by atoms with E-state index in [0.29, 0.717) is 40.0 Å². The third-order valence-electron chi connectivity index (χ3n) is 4.38. The van der Waals surface area contributed by atoms with Crippen molar-refractivity contribution in [1.29, 1.82) is 0 Å². The topological polar surface area (TPSA) is 95.7 Å². The highest BCUT2D eigenvalue weighted by Crippen LogP contribution is 2.40. The third kappa shape index (κ3) is 4.70. The summed E-state index contributed by atoms with van der Waals surface area (Å²) in [7, 11) is 4.66. The maximum atomic E-state index is 12.4. The quantitative estimate of drug-likeness (QED) is 0.327. The van der Waals surface area contributed by atoms with Crippen LogP contribution in [0.3, 0.4) is 0 Å². The van der Waals surface area contributed by atoms with Gasteiger partial charge in [0.1, 0.15) is 5.82 Å². The number of carbonyl (C=O) groups excluding carboxylic acids is 1. The van der Waals surface area contributed by atoms with Crippen molar-refractivity contribution >= 4 is 29.1 Å². The number of nitrogens with one attached hydrogen (secondary N) is 1. The number of methoxy groups -OCH3 is 3. The van der Waals surface area contributed by atoms with E-state index in [9.17, 15) is 4.79 Å². The van der Waals surface area contributed by atoms with Crippen molar-refractivity contribution < 1.29 is 19.0 Å². The van der Waals surface area contributed by atoms with E-state index in [4.69, 9.17) is 19.9 Å². The van der Waals surface area contributed by atoms with Gasteiger partial charge in [-0.25, -0.2) is 4.98 Å². The highest BCUT2D eigenvalue weighted by atomic mass is 16.5. The Hall–Kier alpha value is -4.00. The number of nitrogens with zero attached hydrogens (tertiary/aromatic N) is 1. The van der Waals surface area contributed by atoms with Gasteiger partial charge in [-0.1, -0.05) is 0 Å². The molecular formula is C23H23N3O4. The molecule has 0 bridgehead atoms. The van der Waals surface area contributed by atoms with E-state index in [0.717, 1.165) is 5.56 Å². The zero-order valence-corrected chi connectivity index (χ0v) is 17.0. The Bertz CT molecular complexity index is 1040. The summed E-state index contributed by atoms with van der Waals surface area (Å²) in [5, 5.41) is 3.24. The second-order valence-corrected chi connectivity index (χ2v) is 6.30. The molecule has 7 nitrogen and oxygen atoms in total. The Morgan fingerprint density at radius 3 is 2.27 bits per heavy atom. The van der Waals surface area contributed by atoms with Crippen molar-refractivity contribution in [3.63, 3.8) is 0 Å². The molecule has 154 valence electrons. The number of allylic oxidation sites excluding steroid dienone is 1. The molecule has 0 aliphatic rings. The van der Waals surface area contributed by atoms with E-state index >= 15 is 0 Å². The highest BCUT2D eigenvalue weighted by Gasteiger charge is 2.14. The second-order valence-electron chi connectivity index (χ2n) is 6.30. The van der Waals surface area contributed by atoms with Gasteiger partial charge in [-0.15, -0.1) is 0 Å². The fraction of sp³-hybridized carbons (Fsp3) is 0.130. The number of pyridine rings is 1. The van der Waals surface area contributed by atoms with Crippen molar-refractivity contribution in [2.75, 3.05) is 32.4 Å². The summed E-state index contributed by atoms with van der Waals surface area (Å²) in [4.78, 5) is 16.8. The number of anilines is 3. The number of nitrogens with two attached hydrogens (primary N) is 1. The first kappa shape index (κ1) is 20.7. The van der Waals surface area contributed by atoms with Crippen molar-refractivity contribution in [2.24, 2.45) is 0 Å². The van der Waals surface area contributed by atoms with Crippen molar-refractivity contribution in [2.45, 2.75) is 0 Å². The molecule has 7 heteroatoms. The van der Waals surface area contributed by atoms with E-state index in [1.54, 1.807) is 76.1 Å². The summed E-state index contributed by atoms with van der Waals surface area (Å²) < 4.78 is 16.1. The number of benzene rings is 2. The van der Waals surface area contributed by atoms with Crippen LogP contribution in [0.5, 0.6) is 17.2 Å². The number of hydrogen-bond donors (Lipinski definition) is 2. The molecule has 3 N–H and O–H groups in total. The lowest BCUT2D eigenvalue weighted by molar-refractivity contribution is 0.104. The number of rotatable bonds is 8. The third-order valence-corrected chi connectivity index (χ3v) is 4.38. The molecule has 0 spiro atoms. The van der Waals surface area contributed by atoms with Gasteiger partial charge in [-0.2, -0.15) is 0 Å². The van der Waals surface area contributed by atoms with Gasteiger partial charge in [0.05, 0.1) is 21.3 Å². The molecule has 0 aliphatic carbocycles. The van der Waals surface area contributed by atoms with Crippen LogP contribution >= 0.6 is 0 Å². The molecule has 1 aromatic heterocycles. The Morgan fingerprint density at radius 2 is 1.67 bits per heavy atom. The van der Waals surface area contributed by atoms with E-state index in [1.807, 2.05) is 6.07 Å². The predicted octanol–water partition coefficient (Wildman–Crippen LogP) is 4.33. The average molecular weight is 405 g/mol. The standard InChI is InChI=1S/C23H23N3O4/c1-28-20-13-18(14-21(29-2)22(20)30-3)26-23-16(5-4-12-25-23)8-11-19(27)15-6-9-17(24)10-7-15/h4-14H,24H2,1-3H3,(H,25,26)/b11-8+. The minimum absolute atomic E-state index is 0.127. The zero-order valence-electron chi connectivity index (χ0n) is 17.0. The van der Waals surface area contributed by atoms with E-state index in [1.165, 1.54) is 6.08 Å². The number of hydrogen-bond acceptors (Lipinski definition) is 7. The molecule has 0 atom stereocenters. The number of aromatic nitrogens is 1. The number of carbonyl (C=O) groups is 1. The first-order valence-corrected chi connectivity index (χ1v) is 9.15. The predicted molar refractivity (Wildman–Crippen MR) is 118 cm³/mol. The van der Waals surface area contributed by atoms with Gasteiger partial charge < -0.3 is 25.3 Å². The van der Waals surface area contributed by atoms with Crippen molar-refractivity contribution in [3.8, 4) is 17.2 Å². The van der Waals surface area contributed by atoms with Crippen LogP contribution in [0.2, 0.25) is 0 Å². The Morgan fingerprint density at radius 1 is 1.00 bits per heavy atom. The maximum absolute atomic E-state index is 12.4. The fourth-order valence-corrected chi connectivity index (χ4v) is 2.86. The molecule has 0 amide bonds. The molecule has 0 aliphatic heterocycles. The second kappa shape index (κ2) is 9.47. The summed E-state index contributed by atoms with van der Waals surface area (Å²) in [6.07, 6.45) is 4.88. The Balaban J connectivity index is 1.87. The van der Waals surface area contributed by atoms with Crippen LogP contribution in [0.1, 0.15) is 15.9 Å². The molecule has 0 saturated heterocycles. The molecule has 0 fully saturated rings. The van der Waals surface area contributed by atoms with Crippen LogP contribution in [0.15, 0.2) is 60.8 Å². The highest BCUT2D eigenvalue weighted by molar-refractivity contribution is 6.07. The number of ether oxygens (including phenoxy) is 3. The normalized spacial score (nSPS) is 10.6. The molecule has 3 rings (SSSR count). The van der Waals surface area contributed by atoms with Crippen LogP contribution in [-0.2, 0) is 0 Å². The lowest BCUT2D eigenvalue weighted by Crippen LogP contribution is -2.00. The molecule has 0 unspecified atom stereocenters. The minimum Gasteiger partial charge on any atom is -0.493 e. The molecule has 1 heterocycles. The smallest absolute Gasteiger partial charge is 0.203 e. The Labute approximate surface area is 175 Å². The molecular weight excluding hydrogens is 382 g/mol. The maximum Gasteiger partial charge on any atom is 0.203 e. The molecule has 0 saturated carbocycles. The van der Waals surface area contributed by atoms with Crippen LogP contribution in [0, 0.1) is 0 Å². The van der Waals surface area contributed by atoms with Crippen LogP contribution < -0.4 is 25.3 Å². The lowest BCUT2D eigenvalue weighted by Gasteiger charge is -2.15. The average Bonchev–Trinajstić information content (AvgIpc) is 2.78. The van der Waals surface area contributed by atoms with Gasteiger partial charge in [0.2, 0.25) is 5.75 Å². The summed E-state index contributed by atoms with van der Waals surface area (Å²) in [6.45, 7) is 0. The fourth-order valence-electron chi connectivity index (χ4n) is 2.86. The van der Waals surface area contributed by atoms with Crippen molar-refractivity contribution in [1.82, 2.24) is 4.98 Å². The Kier molecular flexibility index (Phi) is 6.54. The summed E-state index contributed by atoms with van der Waals surface area (Å²) in [5.74, 6) is 1.99. The number of ketones is 1. The van der Waals surface area contributed by atoms with E-state index in [-0.39, 0.29) is 5.78 Å². The molecule has 30 heavy (non-hydrogen) atoms. The van der Waals surface area contributed by atoms with Crippen LogP contribution in [-0.4, -0.2) is 32.1 Å². The van der Waals surface area contributed by atoms with Gasteiger partial charge in [0.25, 0.3) is 0 Å². The van der Waals surface area contributed by atoms with Crippen molar-refractivity contribution in [3.05, 3.63) is 71.9 Å². The van der Waals surface area contributed by atoms with Gasteiger partial charge in [0.15, 0.2) is 17.3 Å². The van der Waals surface area contributed by atoms with Gasteiger partial charge in [-0.3, -0.25) is 4.79 Å². The van der Waals surface area contributed by atoms with E-state index < -0.39 is 0 Å². The molecule has 2 aromatic carbocycles. The van der Waals surface area contributed by atoms with Gasteiger partial charge in [0, 0.05) is 40.8 Å². The number of nitrogen functional groups attached to an aromatic ring is 1. The summed E-state index contributed by atoms with van der Waals surface area (Å²) in [6, 6.07) is 14.0. The monoisotopic (exact) mass is 405 g/mol. The summed E-state index contributed by atoms with van der Waals surface area (Å²) >= 11 is 0. The SMILES string of the molecule is COc1cc(Nc2ncccc2/C=C/C(=O)c2ccc(N)cc2)cc(OC)c1OC. The zero-order chi connectivity index (χ0) is 21.5. The van der Waals surface area contributed by atoms with Gasteiger partial charge >= 0.3 is 0 Å². The van der Waals surface area contributed by atoms with Crippen LogP contribution in [0.25, 0.3) is 6.08 Å². The largest absolute Gasteiger partial charge is 0.493 e. The first-order valence-electron chi connectivity index (χ1n) is 9.15. The van der Waals surface area contributed by atoms with E-state index in [2.05, 4.69) is 10.3 Å². The van der Waals surface area contributed by atoms with Crippen LogP contribution in [0.4, 0.5) is 17.2 Å². The summed E-state index contributed by atoms with van der Waals surface area (Å²) in [5.41, 5.74) is 8.28. The first-order chi connectivity index (χ1) is 14.5. The minimum atomic E-state index is -0.127.